The molecule has 2 atom stereocenters. The smallest absolute Gasteiger partial charge is 0.353 e. The molecule has 1 fully saturated rings. The van der Waals surface area contributed by atoms with Gasteiger partial charge in [0.05, 0.1) is 17.7 Å². The Morgan fingerprint density at radius 2 is 2.18 bits per heavy atom. The van der Waals surface area contributed by atoms with Crippen LogP contribution in [0, 0.1) is 0 Å². The van der Waals surface area contributed by atoms with Crippen molar-refractivity contribution >= 4 is 29.2 Å². The summed E-state index contributed by atoms with van der Waals surface area (Å²) < 4.78 is 15.9. The van der Waals surface area contributed by atoms with E-state index in [1.165, 1.54) is 0 Å². The first kappa shape index (κ1) is 13.1. The number of halogens is 2. The first-order valence-corrected chi connectivity index (χ1v) is 5.96. The van der Waals surface area contributed by atoms with Crippen molar-refractivity contribution in [3.63, 3.8) is 0 Å². The molecule has 0 saturated carbocycles. The molecular weight excluding hydrogens is 269 g/mol. The summed E-state index contributed by atoms with van der Waals surface area (Å²) in [6.45, 7) is 4.62. The quantitative estimate of drug-likeness (QED) is 0.791. The average molecular weight is 282 g/mol. The van der Waals surface area contributed by atoms with Gasteiger partial charge in [-0.25, -0.2) is 4.79 Å². The van der Waals surface area contributed by atoms with Crippen molar-refractivity contribution in [2.24, 2.45) is 0 Å². The van der Waals surface area contributed by atoms with E-state index in [1.54, 1.807) is 0 Å². The van der Waals surface area contributed by atoms with Gasteiger partial charge in [-0.3, -0.25) is 5.32 Å². The maximum absolute atomic E-state index is 11.1. The van der Waals surface area contributed by atoms with Gasteiger partial charge in [0.15, 0.2) is 12.0 Å². The predicted octanol–water partition coefficient (Wildman–Crippen LogP) is 1.30. The highest BCUT2D eigenvalue weighted by Gasteiger charge is 2.35. The third-order valence-corrected chi connectivity index (χ3v) is 3.28. The maximum Gasteiger partial charge on any atom is 0.353 e. The van der Waals surface area contributed by atoms with Gasteiger partial charge in [0.1, 0.15) is 5.03 Å². The van der Waals surface area contributed by atoms with E-state index in [0.717, 1.165) is 0 Å². The predicted molar refractivity (Wildman–Crippen MR) is 61.5 cm³/mol. The Morgan fingerprint density at radius 3 is 2.65 bits per heavy atom. The van der Waals surface area contributed by atoms with Gasteiger partial charge in [-0.15, -0.1) is 0 Å². The van der Waals surface area contributed by atoms with E-state index in [1.807, 2.05) is 13.8 Å². The summed E-state index contributed by atoms with van der Waals surface area (Å²) in [4.78, 5) is 11.1. The summed E-state index contributed by atoms with van der Waals surface area (Å²) in [5, 5.41) is 3.05. The topological polar surface area (TPSA) is 56.8 Å². The largest absolute Gasteiger partial charge is 0.437 e. The van der Waals surface area contributed by atoms with Crippen LogP contribution in [0.25, 0.3) is 0 Å². The number of cyclic esters (lactones) is 1. The van der Waals surface area contributed by atoms with Gasteiger partial charge in [-0.1, -0.05) is 23.2 Å². The van der Waals surface area contributed by atoms with Crippen LogP contribution >= 0.6 is 23.2 Å². The summed E-state index contributed by atoms with van der Waals surface area (Å²) in [5.41, 5.74) is 0. The molecule has 0 aromatic heterocycles. The summed E-state index contributed by atoms with van der Waals surface area (Å²) >= 11 is 11.5. The van der Waals surface area contributed by atoms with E-state index in [2.05, 4.69) is 5.32 Å². The van der Waals surface area contributed by atoms with Crippen LogP contribution < -0.4 is 5.32 Å². The van der Waals surface area contributed by atoms with Gasteiger partial charge < -0.3 is 14.2 Å². The molecule has 2 aliphatic heterocycles. The minimum atomic E-state index is -0.691. The van der Waals surface area contributed by atoms with Crippen molar-refractivity contribution < 1.29 is 19.0 Å². The van der Waals surface area contributed by atoms with E-state index in [-0.39, 0.29) is 16.2 Å². The highest BCUT2D eigenvalue weighted by Crippen LogP contribution is 2.27. The van der Waals surface area contributed by atoms with Crippen LogP contribution in [0.15, 0.2) is 10.1 Å². The Labute approximate surface area is 109 Å². The van der Waals surface area contributed by atoms with Gasteiger partial charge in [0.2, 0.25) is 0 Å². The van der Waals surface area contributed by atoms with Crippen molar-refractivity contribution in [1.29, 1.82) is 0 Å². The first-order valence-electron chi connectivity index (χ1n) is 5.20. The lowest BCUT2D eigenvalue weighted by molar-refractivity contribution is -0.143. The summed E-state index contributed by atoms with van der Waals surface area (Å²) in [7, 11) is 0. The zero-order chi connectivity index (χ0) is 12.6. The van der Waals surface area contributed by atoms with Crippen molar-refractivity contribution in [1.82, 2.24) is 5.32 Å². The number of carbonyl (C=O) groups is 1. The van der Waals surface area contributed by atoms with Gasteiger partial charge in [0.25, 0.3) is 0 Å². The van der Waals surface area contributed by atoms with Gasteiger partial charge in [-0.05, 0) is 13.8 Å². The van der Waals surface area contributed by atoms with Crippen LogP contribution in [0.5, 0.6) is 0 Å². The van der Waals surface area contributed by atoms with Crippen LogP contribution in [0.3, 0.4) is 0 Å². The van der Waals surface area contributed by atoms with Crippen molar-refractivity contribution in [2.75, 3.05) is 13.2 Å². The number of hydrogen-bond donors (Lipinski definition) is 1. The molecule has 2 unspecified atom stereocenters. The highest BCUT2D eigenvalue weighted by molar-refractivity contribution is 6.48. The summed E-state index contributed by atoms with van der Waals surface area (Å²) in [6, 6.07) is 0. The second-order valence-electron chi connectivity index (χ2n) is 4.31. The third-order valence-electron chi connectivity index (χ3n) is 2.44. The number of carbonyl (C=O) groups excluding carboxylic acids is 1. The number of rotatable bonds is 3. The molecule has 1 saturated heterocycles. The molecule has 0 aromatic rings. The van der Waals surface area contributed by atoms with E-state index >= 15 is 0 Å². The molecule has 0 bridgehead atoms. The number of nitrogens with one attached hydrogen (secondary N) is 1. The molecule has 7 heteroatoms. The van der Waals surface area contributed by atoms with Gasteiger partial charge in [0, 0.05) is 6.54 Å². The Morgan fingerprint density at radius 1 is 1.47 bits per heavy atom. The minimum absolute atomic E-state index is 0.0758. The van der Waals surface area contributed by atoms with Crippen LogP contribution in [-0.4, -0.2) is 37.2 Å². The second kappa shape index (κ2) is 4.74. The van der Waals surface area contributed by atoms with Crippen molar-refractivity contribution in [3.8, 4) is 0 Å². The maximum atomic E-state index is 11.1. The zero-order valence-electron chi connectivity index (χ0n) is 9.46. The van der Waals surface area contributed by atoms with Crippen LogP contribution in [-0.2, 0) is 19.0 Å². The van der Waals surface area contributed by atoms with E-state index in [4.69, 9.17) is 37.4 Å². The summed E-state index contributed by atoms with van der Waals surface area (Å²) in [6.07, 6.45) is -0.795. The van der Waals surface area contributed by atoms with Gasteiger partial charge >= 0.3 is 5.97 Å². The molecule has 0 aromatic carbocycles. The van der Waals surface area contributed by atoms with E-state index < -0.39 is 18.0 Å². The molecule has 2 rings (SSSR count). The fraction of sp³-hybridized carbons (Fsp3) is 0.700. The lowest BCUT2D eigenvalue weighted by atomic mass is 10.3. The number of ether oxygens (including phenoxy) is 3. The summed E-state index contributed by atoms with van der Waals surface area (Å²) in [5.74, 6) is -1.19. The van der Waals surface area contributed by atoms with Crippen LogP contribution in [0.2, 0.25) is 0 Å². The van der Waals surface area contributed by atoms with Crippen molar-refractivity contribution in [2.45, 2.75) is 32.0 Å². The van der Waals surface area contributed by atoms with E-state index in [0.29, 0.717) is 13.2 Å². The van der Waals surface area contributed by atoms with Crippen LogP contribution in [0.4, 0.5) is 0 Å². The normalized spacial score (nSPS) is 32.1. The lowest BCUT2D eigenvalue weighted by Gasteiger charge is -2.18. The number of esters is 1. The molecule has 0 radical (unpaired) electrons. The lowest BCUT2D eigenvalue weighted by Crippen LogP contribution is -2.38. The minimum Gasteiger partial charge on any atom is -0.437 e. The highest BCUT2D eigenvalue weighted by atomic mass is 35.5. The SMILES string of the molecule is CC1(C)OCC(CNC2OC(=O)C(Cl)=C2Cl)O1. The fourth-order valence-electron chi connectivity index (χ4n) is 1.66. The average Bonchev–Trinajstić information content (AvgIpc) is 2.71. The monoisotopic (exact) mass is 281 g/mol. The number of hydrogen-bond acceptors (Lipinski definition) is 5. The standard InChI is InChI=1S/C10H13Cl2NO4/c1-10(2)15-4-5(17-10)3-13-8-6(11)7(12)9(14)16-8/h5,8,13H,3-4H2,1-2H3. The van der Waals surface area contributed by atoms with Crippen molar-refractivity contribution in [3.05, 3.63) is 10.1 Å². The molecule has 0 amide bonds. The molecule has 0 spiro atoms. The Hall–Kier alpha value is -0.330. The molecule has 2 aliphatic rings. The van der Waals surface area contributed by atoms with Gasteiger partial charge in [-0.2, -0.15) is 0 Å². The van der Waals surface area contributed by atoms with E-state index in [9.17, 15) is 4.79 Å². The first-order chi connectivity index (χ1) is 7.89. The Bertz CT molecular complexity index is 369. The molecule has 0 aliphatic carbocycles. The molecule has 96 valence electrons. The second-order valence-corrected chi connectivity index (χ2v) is 5.09. The Kier molecular flexibility index (Phi) is 3.66. The zero-order valence-corrected chi connectivity index (χ0v) is 11.0. The molecule has 2 heterocycles. The third kappa shape index (κ3) is 2.92. The molecule has 5 nitrogen and oxygen atoms in total. The Balaban J connectivity index is 1.83. The molecule has 17 heavy (non-hydrogen) atoms. The van der Waals surface area contributed by atoms with Crippen LogP contribution in [0.1, 0.15) is 13.8 Å². The molecular formula is C10H13Cl2NO4. The fourth-order valence-corrected chi connectivity index (χ4v) is 2.00. The molecule has 1 N–H and O–H groups in total.